The lowest BCUT2D eigenvalue weighted by Gasteiger charge is -2.16. The first-order chi connectivity index (χ1) is 9.04. The molecule has 1 aromatic carbocycles. The van der Waals surface area contributed by atoms with Gasteiger partial charge in [0.1, 0.15) is 0 Å². The summed E-state index contributed by atoms with van der Waals surface area (Å²) < 4.78 is 0. The maximum absolute atomic E-state index is 11.9. The summed E-state index contributed by atoms with van der Waals surface area (Å²) in [7, 11) is 3.55. The molecule has 0 aromatic heterocycles. The number of rotatable bonds is 7. The van der Waals surface area contributed by atoms with Crippen molar-refractivity contribution in [2.75, 3.05) is 19.4 Å². The number of benzene rings is 1. The van der Waals surface area contributed by atoms with E-state index in [1.54, 1.807) is 19.0 Å². The van der Waals surface area contributed by atoms with Crippen LogP contribution < -0.4 is 5.32 Å². The first kappa shape index (κ1) is 15.5. The molecule has 0 bridgehead atoms. The Labute approximate surface area is 117 Å². The van der Waals surface area contributed by atoms with Crippen LogP contribution in [0.15, 0.2) is 24.3 Å². The molecule has 1 aromatic rings. The van der Waals surface area contributed by atoms with E-state index in [9.17, 15) is 4.79 Å². The highest BCUT2D eigenvalue weighted by molar-refractivity contribution is 5.94. The molecule has 1 amide bonds. The third-order valence-corrected chi connectivity index (χ3v) is 3.17. The van der Waals surface area contributed by atoms with E-state index in [0.717, 1.165) is 11.3 Å². The molecule has 0 aliphatic heterocycles. The molecule has 0 aliphatic carbocycles. The number of amides is 1. The molecule has 0 saturated carbocycles. The van der Waals surface area contributed by atoms with Gasteiger partial charge in [-0.25, -0.2) is 0 Å². The third-order valence-electron chi connectivity index (χ3n) is 3.17. The van der Waals surface area contributed by atoms with Crippen LogP contribution >= 0.6 is 0 Å². The van der Waals surface area contributed by atoms with Gasteiger partial charge in [0.15, 0.2) is 0 Å². The molecule has 3 heteroatoms. The molecule has 0 radical (unpaired) electrons. The fourth-order valence-electron chi connectivity index (χ4n) is 2.06. The smallest absolute Gasteiger partial charge is 0.253 e. The van der Waals surface area contributed by atoms with Crippen LogP contribution in [0.2, 0.25) is 0 Å². The molecule has 1 atom stereocenters. The number of carbonyl (C=O) groups is 1. The number of unbranched alkanes of at least 4 members (excludes halogenated alkanes) is 2. The van der Waals surface area contributed by atoms with E-state index in [2.05, 4.69) is 19.2 Å². The summed E-state index contributed by atoms with van der Waals surface area (Å²) in [5.74, 6) is 0.0438. The molecule has 0 saturated heterocycles. The summed E-state index contributed by atoms with van der Waals surface area (Å²) in [6.07, 6.45) is 4.95. The molecule has 1 rings (SSSR count). The van der Waals surface area contributed by atoms with Gasteiger partial charge in [-0.3, -0.25) is 4.79 Å². The number of hydrogen-bond donors (Lipinski definition) is 1. The van der Waals surface area contributed by atoms with Crippen LogP contribution in [-0.4, -0.2) is 30.9 Å². The van der Waals surface area contributed by atoms with Gasteiger partial charge < -0.3 is 10.2 Å². The Morgan fingerprint density at radius 3 is 2.68 bits per heavy atom. The van der Waals surface area contributed by atoms with Crippen LogP contribution in [0.4, 0.5) is 5.69 Å². The fraction of sp³-hybridized carbons (Fsp3) is 0.562. The molecule has 3 nitrogen and oxygen atoms in total. The zero-order chi connectivity index (χ0) is 14.3. The first-order valence-corrected chi connectivity index (χ1v) is 7.12. The summed E-state index contributed by atoms with van der Waals surface area (Å²) in [5, 5.41) is 3.46. The third kappa shape index (κ3) is 5.33. The monoisotopic (exact) mass is 262 g/mol. The number of hydrogen-bond acceptors (Lipinski definition) is 2. The van der Waals surface area contributed by atoms with Gasteiger partial charge in [-0.15, -0.1) is 0 Å². The normalized spacial score (nSPS) is 12.0. The summed E-state index contributed by atoms with van der Waals surface area (Å²) >= 11 is 0. The average Bonchev–Trinajstić information content (AvgIpc) is 2.38. The molecule has 1 unspecified atom stereocenters. The van der Waals surface area contributed by atoms with Crippen molar-refractivity contribution in [2.45, 2.75) is 45.6 Å². The highest BCUT2D eigenvalue weighted by atomic mass is 16.2. The van der Waals surface area contributed by atoms with Crippen molar-refractivity contribution in [3.63, 3.8) is 0 Å². The fourth-order valence-corrected chi connectivity index (χ4v) is 2.06. The van der Waals surface area contributed by atoms with Crippen LogP contribution in [-0.2, 0) is 0 Å². The Morgan fingerprint density at radius 1 is 1.32 bits per heavy atom. The lowest BCUT2D eigenvalue weighted by Crippen LogP contribution is -2.22. The quantitative estimate of drug-likeness (QED) is 0.759. The van der Waals surface area contributed by atoms with Crippen LogP contribution in [0.3, 0.4) is 0 Å². The molecule has 0 fully saturated rings. The number of nitrogens with one attached hydrogen (secondary N) is 1. The van der Waals surface area contributed by atoms with E-state index in [1.165, 1.54) is 25.7 Å². The second-order valence-corrected chi connectivity index (χ2v) is 5.32. The van der Waals surface area contributed by atoms with Crippen molar-refractivity contribution < 1.29 is 4.79 Å². The van der Waals surface area contributed by atoms with Gasteiger partial charge in [0.05, 0.1) is 0 Å². The number of nitrogens with zero attached hydrogens (tertiary/aromatic N) is 1. The van der Waals surface area contributed by atoms with Crippen LogP contribution in [0.1, 0.15) is 49.9 Å². The first-order valence-electron chi connectivity index (χ1n) is 7.12. The predicted molar refractivity (Wildman–Crippen MR) is 81.7 cm³/mol. The minimum atomic E-state index is 0.0438. The van der Waals surface area contributed by atoms with E-state index < -0.39 is 0 Å². The van der Waals surface area contributed by atoms with Crippen molar-refractivity contribution >= 4 is 11.6 Å². The molecule has 0 heterocycles. The number of carbonyl (C=O) groups excluding carboxylic acids is 1. The van der Waals surface area contributed by atoms with Gasteiger partial charge in [-0.2, -0.15) is 0 Å². The van der Waals surface area contributed by atoms with E-state index in [-0.39, 0.29) is 5.91 Å². The highest BCUT2D eigenvalue weighted by Gasteiger charge is 2.09. The predicted octanol–water partition coefficient (Wildman–Crippen LogP) is 3.77. The lowest BCUT2D eigenvalue weighted by atomic mass is 10.1. The van der Waals surface area contributed by atoms with E-state index in [4.69, 9.17) is 0 Å². The second-order valence-electron chi connectivity index (χ2n) is 5.32. The maximum atomic E-state index is 11.9. The molecular weight excluding hydrogens is 236 g/mol. The zero-order valence-corrected chi connectivity index (χ0v) is 12.6. The Hall–Kier alpha value is -1.51. The van der Waals surface area contributed by atoms with E-state index >= 15 is 0 Å². The maximum Gasteiger partial charge on any atom is 0.253 e. The Balaban J connectivity index is 2.59. The van der Waals surface area contributed by atoms with Gasteiger partial charge >= 0.3 is 0 Å². The molecule has 0 spiro atoms. The highest BCUT2D eigenvalue weighted by Crippen LogP contribution is 2.15. The van der Waals surface area contributed by atoms with Gasteiger partial charge in [0, 0.05) is 31.4 Å². The minimum Gasteiger partial charge on any atom is -0.383 e. The summed E-state index contributed by atoms with van der Waals surface area (Å²) in [5.41, 5.74) is 1.76. The van der Waals surface area contributed by atoms with Gasteiger partial charge in [0.2, 0.25) is 0 Å². The summed E-state index contributed by atoms with van der Waals surface area (Å²) in [4.78, 5) is 13.5. The van der Waals surface area contributed by atoms with Crippen molar-refractivity contribution in [3.8, 4) is 0 Å². The Morgan fingerprint density at radius 2 is 2.05 bits per heavy atom. The van der Waals surface area contributed by atoms with Crippen molar-refractivity contribution in [2.24, 2.45) is 0 Å². The summed E-state index contributed by atoms with van der Waals surface area (Å²) in [6, 6.07) is 8.17. The van der Waals surface area contributed by atoms with Crippen molar-refractivity contribution in [3.05, 3.63) is 29.8 Å². The van der Waals surface area contributed by atoms with Crippen molar-refractivity contribution in [1.29, 1.82) is 0 Å². The lowest BCUT2D eigenvalue weighted by molar-refractivity contribution is 0.0827. The Bertz CT molecular complexity index is 401. The van der Waals surface area contributed by atoms with Crippen LogP contribution in [0.5, 0.6) is 0 Å². The van der Waals surface area contributed by atoms with E-state index in [1.807, 2.05) is 24.3 Å². The largest absolute Gasteiger partial charge is 0.383 e. The van der Waals surface area contributed by atoms with Crippen LogP contribution in [0.25, 0.3) is 0 Å². The molecule has 0 aliphatic rings. The molecule has 106 valence electrons. The molecule has 19 heavy (non-hydrogen) atoms. The van der Waals surface area contributed by atoms with Gasteiger partial charge in [-0.05, 0) is 31.5 Å². The summed E-state index contributed by atoms with van der Waals surface area (Å²) in [6.45, 7) is 4.41. The van der Waals surface area contributed by atoms with Crippen LogP contribution in [0, 0.1) is 0 Å². The topological polar surface area (TPSA) is 32.3 Å². The number of anilines is 1. The SMILES string of the molecule is CCCCCC(C)Nc1cccc(C(=O)N(C)C)c1. The zero-order valence-electron chi connectivity index (χ0n) is 12.6. The molecular formula is C16H26N2O. The standard InChI is InChI=1S/C16H26N2O/c1-5-6-7-9-13(2)17-15-11-8-10-14(12-15)16(19)18(3)4/h8,10-13,17H,5-7,9H2,1-4H3. The second kappa shape index (κ2) is 7.82. The Kier molecular flexibility index (Phi) is 6.40. The van der Waals surface area contributed by atoms with Crippen molar-refractivity contribution in [1.82, 2.24) is 4.90 Å². The molecule has 1 N–H and O–H groups in total. The van der Waals surface area contributed by atoms with Gasteiger partial charge in [0.25, 0.3) is 5.91 Å². The average molecular weight is 262 g/mol. The van der Waals surface area contributed by atoms with E-state index in [0.29, 0.717) is 6.04 Å². The minimum absolute atomic E-state index is 0.0438. The van der Waals surface area contributed by atoms with Gasteiger partial charge in [-0.1, -0.05) is 32.3 Å².